The van der Waals surface area contributed by atoms with Gasteiger partial charge in [0.1, 0.15) is 5.82 Å². The standard InChI is InChI=1S/C13H12FN3O4/c1-2-21-13(18)10-6-15-16(8-10)7-9-3-11(14)5-12(4-9)17(19)20/h3-6,8H,2,7H2,1H3. The molecule has 0 fully saturated rings. The third-order valence-electron chi connectivity index (χ3n) is 2.64. The Morgan fingerprint density at radius 2 is 2.24 bits per heavy atom. The van der Waals surface area contributed by atoms with Crippen LogP contribution >= 0.6 is 0 Å². The molecule has 0 aliphatic carbocycles. The zero-order chi connectivity index (χ0) is 15.4. The van der Waals surface area contributed by atoms with Crippen LogP contribution in [0.2, 0.25) is 0 Å². The molecule has 7 nitrogen and oxygen atoms in total. The molecule has 0 amide bonds. The molecule has 2 rings (SSSR count). The predicted octanol–water partition coefficient (Wildman–Crippen LogP) is 2.16. The highest BCUT2D eigenvalue weighted by atomic mass is 19.1. The van der Waals surface area contributed by atoms with Gasteiger partial charge in [-0.05, 0) is 18.6 Å². The Morgan fingerprint density at radius 1 is 1.48 bits per heavy atom. The number of carbonyl (C=O) groups excluding carboxylic acids is 1. The fourth-order valence-corrected chi connectivity index (χ4v) is 1.79. The number of rotatable bonds is 5. The van der Waals surface area contributed by atoms with Gasteiger partial charge in [0.05, 0.1) is 35.9 Å². The molecule has 2 aromatic rings. The van der Waals surface area contributed by atoms with Crippen LogP contribution in [-0.2, 0) is 11.3 Å². The number of ether oxygens (including phenoxy) is 1. The van der Waals surface area contributed by atoms with E-state index in [-0.39, 0.29) is 24.4 Å². The Hall–Kier alpha value is -2.77. The van der Waals surface area contributed by atoms with E-state index in [1.165, 1.54) is 29.2 Å². The third-order valence-corrected chi connectivity index (χ3v) is 2.64. The van der Waals surface area contributed by atoms with Crippen molar-refractivity contribution in [1.29, 1.82) is 0 Å². The van der Waals surface area contributed by atoms with Gasteiger partial charge in [0.2, 0.25) is 0 Å². The Balaban J connectivity index is 2.19. The van der Waals surface area contributed by atoms with Gasteiger partial charge >= 0.3 is 5.97 Å². The van der Waals surface area contributed by atoms with E-state index in [0.717, 1.165) is 6.07 Å². The average molecular weight is 293 g/mol. The molecular weight excluding hydrogens is 281 g/mol. The van der Waals surface area contributed by atoms with Gasteiger partial charge in [0, 0.05) is 12.3 Å². The molecule has 0 saturated heterocycles. The van der Waals surface area contributed by atoms with Crippen molar-refractivity contribution >= 4 is 11.7 Å². The second-order valence-corrected chi connectivity index (χ2v) is 4.22. The highest BCUT2D eigenvalue weighted by Crippen LogP contribution is 2.17. The minimum atomic E-state index is -0.697. The molecule has 1 aromatic carbocycles. The first kappa shape index (κ1) is 14.6. The van der Waals surface area contributed by atoms with Crippen LogP contribution in [0.5, 0.6) is 0 Å². The first-order chi connectivity index (χ1) is 9.99. The average Bonchev–Trinajstić information content (AvgIpc) is 2.87. The maximum atomic E-state index is 13.3. The van der Waals surface area contributed by atoms with E-state index < -0.39 is 16.7 Å². The van der Waals surface area contributed by atoms with E-state index in [1.807, 2.05) is 0 Å². The summed E-state index contributed by atoms with van der Waals surface area (Å²) >= 11 is 0. The van der Waals surface area contributed by atoms with E-state index in [9.17, 15) is 19.3 Å². The number of non-ortho nitro benzene ring substituents is 1. The van der Waals surface area contributed by atoms with Gasteiger partial charge in [-0.3, -0.25) is 14.8 Å². The van der Waals surface area contributed by atoms with Crippen LogP contribution in [0, 0.1) is 15.9 Å². The molecule has 0 aliphatic rings. The van der Waals surface area contributed by atoms with Crippen molar-refractivity contribution in [3.05, 3.63) is 57.7 Å². The number of benzene rings is 1. The summed E-state index contributed by atoms with van der Waals surface area (Å²) in [6.07, 6.45) is 2.76. The number of aromatic nitrogens is 2. The number of nitrogens with zero attached hydrogens (tertiary/aromatic N) is 3. The maximum Gasteiger partial charge on any atom is 0.341 e. The van der Waals surface area contributed by atoms with Crippen LogP contribution in [0.4, 0.5) is 10.1 Å². The topological polar surface area (TPSA) is 87.3 Å². The number of nitro groups is 1. The summed E-state index contributed by atoms with van der Waals surface area (Å²) in [6, 6.07) is 3.28. The molecule has 0 N–H and O–H groups in total. The van der Waals surface area contributed by atoms with Gasteiger partial charge < -0.3 is 4.74 Å². The van der Waals surface area contributed by atoms with Gasteiger partial charge in [0.15, 0.2) is 0 Å². The van der Waals surface area contributed by atoms with Gasteiger partial charge in [-0.1, -0.05) is 0 Å². The fraction of sp³-hybridized carbons (Fsp3) is 0.231. The highest BCUT2D eigenvalue weighted by Gasteiger charge is 2.12. The quantitative estimate of drug-likeness (QED) is 0.479. The molecule has 0 radical (unpaired) electrons. The summed E-state index contributed by atoms with van der Waals surface area (Å²) in [5.41, 5.74) is 0.311. The number of hydrogen-bond acceptors (Lipinski definition) is 5. The van der Waals surface area contributed by atoms with E-state index >= 15 is 0 Å². The molecule has 0 aliphatic heterocycles. The molecule has 0 unspecified atom stereocenters. The van der Waals surface area contributed by atoms with Gasteiger partial charge in [-0.2, -0.15) is 5.10 Å². The van der Waals surface area contributed by atoms with Crippen molar-refractivity contribution in [1.82, 2.24) is 9.78 Å². The molecule has 0 saturated carbocycles. The number of carbonyl (C=O) groups is 1. The Kier molecular flexibility index (Phi) is 4.27. The zero-order valence-corrected chi connectivity index (χ0v) is 11.2. The lowest BCUT2D eigenvalue weighted by molar-refractivity contribution is -0.385. The summed E-state index contributed by atoms with van der Waals surface area (Å²) in [6.45, 7) is 2.05. The molecular formula is C13H12FN3O4. The molecule has 0 bridgehead atoms. The first-order valence-corrected chi connectivity index (χ1v) is 6.13. The van der Waals surface area contributed by atoms with E-state index in [4.69, 9.17) is 4.74 Å². The van der Waals surface area contributed by atoms with E-state index in [1.54, 1.807) is 6.92 Å². The zero-order valence-electron chi connectivity index (χ0n) is 11.2. The van der Waals surface area contributed by atoms with Gasteiger partial charge in [0.25, 0.3) is 5.69 Å². The second-order valence-electron chi connectivity index (χ2n) is 4.22. The largest absolute Gasteiger partial charge is 0.462 e. The summed E-state index contributed by atoms with van der Waals surface area (Å²) in [5.74, 6) is -1.20. The number of nitro benzene ring substituents is 1. The minimum Gasteiger partial charge on any atom is -0.462 e. The second kappa shape index (κ2) is 6.12. The van der Waals surface area contributed by atoms with E-state index in [0.29, 0.717) is 5.56 Å². The Morgan fingerprint density at radius 3 is 2.90 bits per heavy atom. The van der Waals surface area contributed by atoms with Gasteiger partial charge in [-0.15, -0.1) is 0 Å². The molecule has 1 heterocycles. The van der Waals surface area contributed by atoms with Crippen molar-refractivity contribution in [3.8, 4) is 0 Å². The van der Waals surface area contributed by atoms with Crippen LogP contribution in [0.3, 0.4) is 0 Å². The third kappa shape index (κ3) is 3.62. The summed E-state index contributed by atoms with van der Waals surface area (Å²) in [4.78, 5) is 21.5. The maximum absolute atomic E-state index is 13.3. The van der Waals surface area contributed by atoms with Crippen LogP contribution in [0.1, 0.15) is 22.8 Å². The van der Waals surface area contributed by atoms with Gasteiger partial charge in [-0.25, -0.2) is 9.18 Å². The van der Waals surface area contributed by atoms with Crippen molar-refractivity contribution in [2.24, 2.45) is 0 Å². The predicted molar refractivity (Wildman–Crippen MR) is 70.3 cm³/mol. The van der Waals surface area contributed by atoms with Crippen LogP contribution in [0.15, 0.2) is 30.6 Å². The first-order valence-electron chi connectivity index (χ1n) is 6.13. The molecule has 8 heteroatoms. The number of esters is 1. The molecule has 110 valence electrons. The molecule has 0 spiro atoms. The van der Waals surface area contributed by atoms with Crippen LogP contribution < -0.4 is 0 Å². The number of hydrogen-bond donors (Lipinski definition) is 0. The summed E-state index contributed by atoms with van der Waals surface area (Å²) in [7, 11) is 0. The lowest BCUT2D eigenvalue weighted by Crippen LogP contribution is -2.04. The van der Waals surface area contributed by atoms with Crippen molar-refractivity contribution in [2.45, 2.75) is 13.5 Å². The minimum absolute atomic E-state index is 0.109. The molecule has 0 atom stereocenters. The lowest BCUT2D eigenvalue weighted by atomic mass is 10.2. The van der Waals surface area contributed by atoms with Crippen molar-refractivity contribution < 1.29 is 18.8 Å². The SMILES string of the molecule is CCOC(=O)c1cnn(Cc2cc(F)cc([N+](=O)[O-])c2)c1. The smallest absolute Gasteiger partial charge is 0.341 e. The van der Waals surface area contributed by atoms with Crippen molar-refractivity contribution in [2.75, 3.05) is 6.61 Å². The normalized spacial score (nSPS) is 10.4. The fourth-order valence-electron chi connectivity index (χ4n) is 1.79. The monoisotopic (exact) mass is 293 g/mol. The van der Waals surface area contributed by atoms with Crippen molar-refractivity contribution in [3.63, 3.8) is 0 Å². The summed E-state index contributed by atoms with van der Waals surface area (Å²) in [5, 5.41) is 14.6. The highest BCUT2D eigenvalue weighted by molar-refractivity contribution is 5.88. The van der Waals surface area contributed by atoms with Crippen LogP contribution in [0.25, 0.3) is 0 Å². The number of halogens is 1. The van der Waals surface area contributed by atoms with E-state index in [2.05, 4.69) is 5.10 Å². The molecule has 21 heavy (non-hydrogen) atoms. The Bertz CT molecular complexity index is 684. The summed E-state index contributed by atoms with van der Waals surface area (Å²) < 4.78 is 19.5. The Labute approximate surface area is 119 Å². The lowest BCUT2D eigenvalue weighted by Gasteiger charge is -2.02. The van der Waals surface area contributed by atoms with Crippen LogP contribution in [-0.4, -0.2) is 27.3 Å². The molecule has 1 aromatic heterocycles.